The summed E-state index contributed by atoms with van der Waals surface area (Å²) in [6.45, 7) is 5.31. The molecule has 19 heavy (non-hydrogen) atoms. The molecule has 108 valence electrons. The lowest BCUT2D eigenvalue weighted by Crippen LogP contribution is -2.33. The first kappa shape index (κ1) is 16.3. The topological polar surface area (TPSA) is 21.7 Å². The average Bonchev–Trinajstić information content (AvgIpc) is 2.36. The minimum absolute atomic E-state index is 0.0197. The number of benzene rings is 1. The van der Waals surface area contributed by atoms with E-state index in [4.69, 9.17) is 32.7 Å². The minimum Gasteiger partial charge on any atom is -0.497 e. The van der Waals surface area contributed by atoms with Crippen molar-refractivity contribution in [1.29, 1.82) is 0 Å². The van der Waals surface area contributed by atoms with Crippen LogP contribution in [0.2, 0.25) is 0 Å². The first-order valence-electron chi connectivity index (χ1n) is 6.23. The summed E-state index contributed by atoms with van der Waals surface area (Å²) in [5.74, 6) is 1.57. The Balaban J connectivity index is 3.10. The van der Waals surface area contributed by atoms with Crippen molar-refractivity contribution in [3.63, 3.8) is 0 Å². The summed E-state index contributed by atoms with van der Waals surface area (Å²) in [6, 6.07) is 5.70. The quantitative estimate of drug-likeness (QED) is 0.716. The summed E-state index contributed by atoms with van der Waals surface area (Å²) < 4.78 is 10.7. The normalized spacial score (nSPS) is 13.8. The first-order valence-corrected chi connectivity index (χ1v) is 7.10. The van der Waals surface area contributed by atoms with E-state index >= 15 is 0 Å². The monoisotopic (exact) mass is 305 g/mol. The predicted octanol–water partition coefficient (Wildman–Crippen LogP) is 3.76. The van der Waals surface area contributed by atoms with Crippen LogP contribution in [0.15, 0.2) is 18.2 Å². The van der Waals surface area contributed by atoms with Gasteiger partial charge in [0.25, 0.3) is 0 Å². The highest BCUT2D eigenvalue weighted by atomic mass is 35.5. The summed E-state index contributed by atoms with van der Waals surface area (Å²) in [5.41, 5.74) is 0.946. The standard InChI is InChI=1S/C14H21Cl2NO2/c1-10(15)8-17(9-11(2)16)13-7-12(18-3)5-6-14(13)19-4/h5-7,10-11H,8-9H2,1-4H3/t10-,11-/m1/s1. The molecule has 1 rings (SSSR count). The van der Waals surface area contributed by atoms with Gasteiger partial charge in [0.1, 0.15) is 11.5 Å². The van der Waals surface area contributed by atoms with Crippen LogP contribution >= 0.6 is 23.2 Å². The Kier molecular flexibility index (Phi) is 6.59. The third kappa shape index (κ3) is 5.00. The number of ether oxygens (including phenoxy) is 2. The Morgan fingerprint density at radius 1 is 1.05 bits per heavy atom. The molecule has 3 nitrogen and oxygen atoms in total. The summed E-state index contributed by atoms with van der Waals surface area (Å²) in [5, 5.41) is 0.0395. The van der Waals surface area contributed by atoms with E-state index in [0.29, 0.717) is 13.1 Å². The summed E-state index contributed by atoms with van der Waals surface area (Å²) in [4.78, 5) is 2.12. The molecule has 1 aromatic carbocycles. The molecule has 0 bridgehead atoms. The molecule has 0 aliphatic heterocycles. The molecule has 2 atom stereocenters. The van der Waals surface area contributed by atoms with Crippen LogP contribution in [0.4, 0.5) is 5.69 Å². The molecule has 0 N–H and O–H groups in total. The van der Waals surface area contributed by atoms with Crippen LogP contribution in [0.5, 0.6) is 11.5 Å². The van der Waals surface area contributed by atoms with Crippen molar-refractivity contribution in [2.45, 2.75) is 24.6 Å². The lowest BCUT2D eigenvalue weighted by atomic mass is 10.2. The maximum atomic E-state index is 6.12. The molecule has 0 unspecified atom stereocenters. The highest BCUT2D eigenvalue weighted by molar-refractivity contribution is 6.21. The third-order valence-corrected chi connectivity index (χ3v) is 2.95. The summed E-state index contributed by atoms with van der Waals surface area (Å²) in [7, 11) is 3.29. The summed E-state index contributed by atoms with van der Waals surface area (Å²) in [6.07, 6.45) is 0. The molecule has 0 radical (unpaired) electrons. The molecular weight excluding hydrogens is 285 g/mol. The Labute approximate surface area is 125 Å². The van der Waals surface area contributed by atoms with E-state index < -0.39 is 0 Å². The number of nitrogens with zero attached hydrogens (tertiary/aromatic N) is 1. The van der Waals surface area contributed by atoms with Gasteiger partial charge in [-0.3, -0.25) is 0 Å². The third-order valence-electron chi connectivity index (χ3n) is 2.67. The van der Waals surface area contributed by atoms with Gasteiger partial charge in [0.2, 0.25) is 0 Å². The molecule has 1 aromatic rings. The van der Waals surface area contributed by atoms with Crippen LogP contribution in [0.1, 0.15) is 13.8 Å². The molecule has 0 heterocycles. The molecule has 0 saturated heterocycles. The fourth-order valence-corrected chi connectivity index (χ4v) is 2.26. The van der Waals surface area contributed by atoms with Crippen molar-refractivity contribution >= 4 is 28.9 Å². The van der Waals surface area contributed by atoms with Crippen LogP contribution in [-0.2, 0) is 0 Å². The molecular formula is C14H21Cl2NO2. The number of rotatable bonds is 7. The zero-order chi connectivity index (χ0) is 14.4. The number of hydrogen-bond donors (Lipinski definition) is 0. The van der Waals surface area contributed by atoms with Crippen molar-refractivity contribution in [3.8, 4) is 11.5 Å². The van der Waals surface area contributed by atoms with E-state index in [1.54, 1.807) is 14.2 Å². The highest BCUT2D eigenvalue weighted by Crippen LogP contribution is 2.33. The van der Waals surface area contributed by atoms with Crippen LogP contribution in [0, 0.1) is 0 Å². The second-order valence-corrected chi connectivity index (χ2v) is 5.99. The van der Waals surface area contributed by atoms with Gasteiger partial charge in [0.05, 0.1) is 19.9 Å². The van der Waals surface area contributed by atoms with E-state index in [1.807, 2.05) is 32.0 Å². The zero-order valence-electron chi connectivity index (χ0n) is 11.8. The van der Waals surface area contributed by atoms with E-state index in [9.17, 15) is 0 Å². The second kappa shape index (κ2) is 7.71. The Morgan fingerprint density at radius 2 is 1.63 bits per heavy atom. The van der Waals surface area contributed by atoms with Gasteiger partial charge in [-0.25, -0.2) is 0 Å². The van der Waals surface area contributed by atoms with E-state index in [1.165, 1.54) is 0 Å². The van der Waals surface area contributed by atoms with E-state index in [0.717, 1.165) is 17.2 Å². The largest absolute Gasteiger partial charge is 0.497 e. The number of anilines is 1. The average molecular weight is 306 g/mol. The van der Waals surface area contributed by atoms with Crippen molar-refractivity contribution in [2.75, 3.05) is 32.2 Å². The van der Waals surface area contributed by atoms with Crippen LogP contribution in [0.3, 0.4) is 0 Å². The van der Waals surface area contributed by atoms with Crippen molar-refractivity contribution in [3.05, 3.63) is 18.2 Å². The van der Waals surface area contributed by atoms with Gasteiger partial charge in [-0.05, 0) is 26.0 Å². The SMILES string of the molecule is COc1ccc(OC)c(N(C[C@@H](C)Cl)C[C@@H](C)Cl)c1. The fraction of sp³-hybridized carbons (Fsp3) is 0.571. The molecule has 0 saturated carbocycles. The molecule has 0 spiro atoms. The molecule has 0 aliphatic rings. The molecule has 0 amide bonds. The van der Waals surface area contributed by atoms with E-state index in [-0.39, 0.29) is 10.8 Å². The van der Waals surface area contributed by atoms with Gasteiger partial charge < -0.3 is 14.4 Å². The Morgan fingerprint density at radius 3 is 2.05 bits per heavy atom. The lowest BCUT2D eigenvalue weighted by molar-refractivity contribution is 0.402. The zero-order valence-corrected chi connectivity index (χ0v) is 13.3. The maximum Gasteiger partial charge on any atom is 0.142 e. The molecule has 0 aliphatic carbocycles. The fourth-order valence-electron chi connectivity index (χ4n) is 1.92. The van der Waals surface area contributed by atoms with Gasteiger partial charge in [0, 0.05) is 29.9 Å². The Hall–Kier alpha value is -0.800. The highest BCUT2D eigenvalue weighted by Gasteiger charge is 2.17. The Bertz CT molecular complexity index is 387. The lowest BCUT2D eigenvalue weighted by Gasteiger charge is -2.28. The van der Waals surface area contributed by atoms with Crippen molar-refractivity contribution in [2.24, 2.45) is 0 Å². The summed E-state index contributed by atoms with van der Waals surface area (Å²) >= 11 is 12.2. The molecule has 0 fully saturated rings. The number of alkyl halides is 2. The van der Waals surface area contributed by atoms with Crippen LogP contribution in [-0.4, -0.2) is 38.1 Å². The van der Waals surface area contributed by atoms with Crippen LogP contribution < -0.4 is 14.4 Å². The smallest absolute Gasteiger partial charge is 0.142 e. The van der Waals surface area contributed by atoms with Gasteiger partial charge in [-0.15, -0.1) is 23.2 Å². The predicted molar refractivity (Wildman–Crippen MR) is 82.4 cm³/mol. The van der Waals surface area contributed by atoms with Gasteiger partial charge in [-0.2, -0.15) is 0 Å². The van der Waals surface area contributed by atoms with Gasteiger partial charge >= 0.3 is 0 Å². The second-order valence-electron chi connectivity index (χ2n) is 4.50. The van der Waals surface area contributed by atoms with Gasteiger partial charge in [-0.1, -0.05) is 0 Å². The van der Waals surface area contributed by atoms with E-state index in [2.05, 4.69) is 4.90 Å². The van der Waals surface area contributed by atoms with Crippen molar-refractivity contribution < 1.29 is 9.47 Å². The minimum atomic E-state index is 0.0197. The van der Waals surface area contributed by atoms with Crippen molar-refractivity contribution in [1.82, 2.24) is 0 Å². The number of halogens is 2. The van der Waals surface area contributed by atoms with Gasteiger partial charge in [0.15, 0.2) is 0 Å². The number of methoxy groups -OCH3 is 2. The van der Waals surface area contributed by atoms with Crippen LogP contribution in [0.25, 0.3) is 0 Å². The first-order chi connectivity index (χ1) is 8.97. The molecule has 0 aromatic heterocycles. The number of hydrogen-bond acceptors (Lipinski definition) is 3. The molecule has 5 heteroatoms. The maximum absolute atomic E-state index is 6.12.